The Morgan fingerprint density at radius 2 is 2.18 bits per heavy atom. The Hall–Kier alpha value is -1.97. The molecule has 7 nitrogen and oxygen atoms in total. The molecule has 1 amide bonds. The zero-order chi connectivity index (χ0) is 20.1. The van der Waals surface area contributed by atoms with Crippen molar-refractivity contribution in [2.45, 2.75) is 35.4 Å². The molecule has 1 aliphatic heterocycles. The summed E-state index contributed by atoms with van der Waals surface area (Å²) in [6.07, 6.45) is 3.25. The summed E-state index contributed by atoms with van der Waals surface area (Å²) in [5, 5.41) is 16.3. The molecule has 1 aliphatic rings. The minimum absolute atomic E-state index is 0.0687. The number of hydrogen-bond acceptors (Lipinski definition) is 7. The number of benzene rings is 1. The Morgan fingerprint density at radius 1 is 1.43 bits per heavy atom. The summed E-state index contributed by atoms with van der Waals surface area (Å²) in [6.45, 7) is 4.68. The average Bonchev–Trinajstić information content (AvgIpc) is 3.08. The standard InChI is InChI=1S/C19H24N4O3S2/c1-13-12-27-19(21-13)28-17-4-3-15(11-16(17)23(25)26)18(24)20-8-5-14-6-9-22(2)10-7-14/h3-4,11-12,14H,5-10H2,1-2H3,(H,20,24). The van der Waals surface area contributed by atoms with Crippen LogP contribution in [-0.2, 0) is 0 Å². The van der Waals surface area contributed by atoms with Crippen LogP contribution in [0.25, 0.3) is 0 Å². The number of carbonyl (C=O) groups excluding carboxylic acids is 1. The lowest BCUT2D eigenvalue weighted by Gasteiger charge is -2.28. The first-order valence-corrected chi connectivity index (χ1v) is 11.0. The van der Waals surface area contributed by atoms with E-state index in [1.807, 2.05) is 12.3 Å². The first-order chi connectivity index (χ1) is 13.4. The molecule has 1 saturated heterocycles. The summed E-state index contributed by atoms with van der Waals surface area (Å²) < 4.78 is 0.746. The van der Waals surface area contributed by atoms with Gasteiger partial charge in [-0.25, -0.2) is 4.98 Å². The van der Waals surface area contributed by atoms with Gasteiger partial charge in [-0.3, -0.25) is 14.9 Å². The summed E-state index contributed by atoms with van der Waals surface area (Å²) in [4.78, 5) is 30.6. The third-order valence-corrected chi connectivity index (χ3v) is 7.01. The molecule has 0 unspecified atom stereocenters. The maximum atomic E-state index is 12.4. The Balaban J connectivity index is 1.60. The van der Waals surface area contributed by atoms with E-state index >= 15 is 0 Å². The third-order valence-electron chi connectivity index (χ3n) is 4.89. The monoisotopic (exact) mass is 420 g/mol. The lowest BCUT2D eigenvalue weighted by molar-refractivity contribution is -0.387. The molecule has 2 heterocycles. The van der Waals surface area contributed by atoms with Crippen molar-refractivity contribution in [1.29, 1.82) is 0 Å². The summed E-state index contributed by atoms with van der Waals surface area (Å²) in [5.74, 6) is 0.365. The zero-order valence-corrected chi connectivity index (χ0v) is 17.6. The van der Waals surface area contributed by atoms with Gasteiger partial charge in [0, 0.05) is 29.2 Å². The van der Waals surface area contributed by atoms with Crippen LogP contribution < -0.4 is 5.32 Å². The molecule has 28 heavy (non-hydrogen) atoms. The average molecular weight is 421 g/mol. The number of carbonyl (C=O) groups is 1. The Kier molecular flexibility index (Phi) is 7.03. The molecule has 0 spiro atoms. The molecule has 0 bridgehead atoms. The quantitative estimate of drug-likeness (QED) is 0.538. The molecular formula is C19H24N4O3S2. The van der Waals surface area contributed by atoms with Crippen LogP contribution in [0.15, 0.2) is 32.8 Å². The van der Waals surface area contributed by atoms with Crippen LogP contribution in [-0.4, -0.2) is 47.4 Å². The number of likely N-dealkylation sites (tertiary alicyclic amines) is 1. The van der Waals surface area contributed by atoms with Gasteiger partial charge in [-0.1, -0.05) is 11.8 Å². The topological polar surface area (TPSA) is 88.4 Å². The second-order valence-electron chi connectivity index (χ2n) is 7.09. The van der Waals surface area contributed by atoms with Crippen molar-refractivity contribution in [3.8, 4) is 0 Å². The number of piperidine rings is 1. The molecule has 0 saturated carbocycles. The summed E-state index contributed by atoms with van der Waals surface area (Å²) in [6, 6.07) is 4.62. The first kappa shape index (κ1) is 20.8. The highest BCUT2D eigenvalue weighted by atomic mass is 32.2. The maximum Gasteiger partial charge on any atom is 0.284 e. The van der Waals surface area contributed by atoms with Crippen molar-refractivity contribution in [2.24, 2.45) is 5.92 Å². The smallest absolute Gasteiger partial charge is 0.284 e. The van der Waals surface area contributed by atoms with Gasteiger partial charge in [0.1, 0.15) is 0 Å². The second kappa shape index (κ2) is 9.49. The fourth-order valence-corrected chi connectivity index (χ4v) is 5.08. The summed E-state index contributed by atoms with van der Waals surface area (Å²) >= 11 is 2.70. The number of aromatic nitrogens is 1. The minimum atomic E-state index is -0.446. The van der Waals surface area contributed by atoms with Crippen LogP contribution in [0, 0.1) is 23.0 Å². The number of hydrogen-bond donors (Lipinski definition) is 1. The van der Waals surface area contributed by atoms with Gasteiger partial charge in [-0.2, -0.15) is 0 Å². The second-order valence-corrected chi connectivity index (χ2v) is 9.23. The molecule has 0 radical (unpaired) electrons. The SMILES string of the molecule is Cc1csc(Sc2ccc(C(=O)NCCC3CCN(C)CC3)cc2[N+](=O)[O-])n1. The molecule has 1 fully saturated rings. The molecule has 1 N–H and O–H groups in total. The van der Waals surface area contributed by atoms with Gasteiger partial charge < -0.3 is 10.2 Å². The van der Waals surface area contributed by atoms with E-state index in [1.54, 1.807) is 12.1 Å². The number of nitro benzene ring substituents is 1. The van der Waals surface area contributed by atoms with Crippen LogP contribution in [0.5, 0.6) is 0 Å². The van der Waals surface area contributed by atoms with E-state index in [1.165, 1.54) is 29.2 Å². The molecule has 9 heteroatoms. The highest BCUT2D eigenvalue weighted by Gasteiger charge is 2.20. The van der Waals surface area contributed by atoms with Crippen molar-refractivity contribution in [2.75, 3.05) is 26.7 Å². The van der Waals surface area contributed by atoms with Crippen LogP contribution in [0.1, 0.15) is 35.3 Å². The fourth-order valence-electron chi connectivity index (χ4n) is 3.20. The predicted molar refractivity (Wildman–Crippen MR) is 111 cm³/mol. The molecular weight excluding hydrogens is 396 g/mol. The van der Waals surface area contributed by atoms with E-state index in [2.05, 4.69) is 22.2 Å². The molecule has 1 aromatic carbocycles. The van der Waals surface area contributed by atoms with Crippen LogP contribution >= 0.6 is 23.1 Å². The molecule has 150 valence electrons. The van der Waals surface area contributed by atoms with Gasteiger partial charge in [0.15, 0.2) is 4.34 Å². The van der Waals surface area contributed by atoms with E-state index in [-0.39, 0.29) is 11.6 Å². The summed E-state index contributed by atoms with van der Waals surface area (Å²) in [5.41, 5.74) is 1.13. The fraction of sp³-hybridized carbons (Fsp3) is 0.474. The van der Waals surface area contributed by atoms with E-state index in [0.717, 1.165) is 42.4 Å². The number of amides is 1. The van der Waals surface area contributed by atoms with Crippen molar-refractivity contribution < 1.29 is 9.72 Å². The van der Waals surface area contributed by atoms with Crippen molar-refractivity contribution in [3.63, 3.8) is 0 Å². The van der Waals surface area contributed by atoms with Gasteiger partial charge in [-0.15, -0.1) is 11.3 Å². The highest BCUT2D eigenvalue weighted by Crippen LogP contribution is 2.36. The van der Waals surface area contributed by atoms with Gasteiger partial charge in [0.2, 0.25) is 0 Å². The normalized spacial score (nSPS) is 15.5. The number of nitrogens with one attached hydrogen (secondary N) is 1. The first-order valence-electron chi connectivity index (χ1n) is 9.27. The van der Waals surface area contributed by atoms with Crippen molar-refractivity contribution in [1.82, 2.24) is 15.2 Å². The maximum absolute atomic E-state index is 12.4. The number of nitro groups is 1. The van der Waals surface area contributed by atoms with E-state index < -0.39 is 4.92 Å². The van der Waals surface area contributed by atoms with E-state index in [9.17, 15) is 14.9 Å². The lowest BCUT2D eigenvalue weighted by atomic mass is 9.94. The van der Waals surface area contributed by atoms with Crippen LogP contribution in [0.3, 0.4) is 0 Å². The van der Waals surface area contributed by atoms with Gasteiger partial charge in [0.05, 0.1) is 9.82 Å². The van der Waals surface area contributed by atoms with E-state index in [4.69, 9.17) is 0 Å². The highest BCUT2D eigenvalue weighted by molar-refractivity contribution is 8.01. The van der Waals surface area contributed by atoms with Crippen molar-refractivity contribution in [3.05, 3.63) is 45.0 Å². The zero-order valence-electron chi connectivity index (χ0n) is 16.0. The van der Waals surface area contributed by atoms with Gasteiger partial charge in [-0.05, 0) is 64.4 Å². The van der Waals surface area contributed by atoms with Gasteiger partial charge >= 0.3 is 0 Å². The van der Waals surface area contributed by atoms with Crippen molar-refractivity contribution >= 4 is 34.7 Å². The number of aryl methyl sites for hydroxylation is 1. The summed E-state index contributed by atoms with van der Waals surface area (Å²) in [7, 11) is 2.13. The van der Waals surface area contributed by atoms with Crippen LogP contribution in [0.4, 0.5) is 5.69 Å². The Morgan fingerprint density at radius 3 is 2.82 bits per heavy atom. The third kappa shape index (κ3) is 5.52. The molecule has 3 rings (SSSR count). The molecule has 1 aromatic heterocycles. The molecule has 0 atom stereocenters. The molecule has 0 aliphatic carbocycles. The number of thiazole rings is 1. The number of nitrogens with zero attached hydrogens (tertiary/aromatic N) is 3. The lowest BCUT2D eigenvalue weighted by Crippen LogP contribution is -2.32. The minimum Gasteiger partial charge on any atom is -0.352 e. The predicted octanol–water partition coefficient (Wildman–Crippen LogP) is 3.97. The Labute approximate surface area is 172 Å². The number of rotatable bonds is 7. The Bertz CT molecular complexity index is 847. The molecule has 2 aromatic rings. The van der Waals surface area contributed by atoms with Crippen LogP contribution in [0.2, 0.25) is 0 Å². The van der Waals surface area contributed by atoms with Gasteiger partial charge in [0.25, 0.3) is 11.6 Å². The largest absolute Gasteiger partial charge is 0.352 e. The van der Waals surface area contributed by atoms with E-state index in [0.29, 0.717) is 22.9 Å².